The van der Waals surface area contributed by atoms with Crippen molar-refractivity contribution in [1.29, 1.82) is 0 Å². The molecule has 0 fully saturated rings. The molecule has 2 amide bonds. The van der Waals surface area contributed by atoms with Crippen LogP contribution in [0.4, 0.5) is 23.2 Å². The van der Waals surface area contributed by atoms with Gasteiger partial charge in [0, 0.05) is 24.3 Å². The fraction of sp³-hybridized carbons (Fsp3) is 0.364. The third kappa shape index (κ3) is 7.24. The van der Waals surface area contributed by atoms with Crippen molar-refractivity contribution in [3.63, 3.8) is 0 Å². The van der Waals surface area contributed by atoms with Gasteiger partial charge in [0.25, 0.3) is 5.91 Å². The summed E-state index contributed by atoms with van der Waals surface area (Å²) in [5.41, 5.74) is -0.761. The summed E-state index contributed by atoms with van der Waals surface area (Å²) in [4.78, 5) is 26.0. The summed E-state index contributed by atoms with van der Waals surface area (Å²) in [5, 5.41) is 2.51. The van der Waals surface area contributed by atoms with Crippen LogP contribution in [0.25, 0.3) is 0 Å². The monoisotopic (exact) mass is 458 g/mol. The minimum Gasteiger partial charge on any atom is -0.348 e. The molecule has 9 heteroatoms. The van der Waals surface area contributed by atoms with Gasteiger partial charge >= 0.3 is 6.18 Å². The van der Waals surface area contributed by atoms with Gasteiger partial charge in [0.15, 0.2) is 0 Å². The Morgan fingerprint density at radius 2 is 1.74 bits per heavy atom. The maximum absolute atomic E-state index is 13.5. The molecular formula is C22H23ClF4N2O2. The Balaban J connectivity index is 2.36. The number of anilines is 1. The van der Waals surface area contributed by atoms with Gasteiger partial charge in [-0.1, -0.05) is 26.0 Å². The molecule has 31 heavy (non-hydrogen) atoms. The van der Waals surface area contributed by atoms with Crippen molar-refractivity contribution in [2.24, 2.45) is 5.92 Å². The molecular weight excluding hydrogens is 436 g/mol. The Morgan fingerprint density at radius 1 is 1.10 bits per heavy atom. The molecule has 0 aliphatic heterocycles. The van der Waals surface area contributed by atoms with E-state index in [1.54, 1.807) is 0 Å². The van der Waals surface area contributed by atoms with Crippen LogP contribution in [0.15, 0.2) is 42.5 Å². The first-order chi connectivity index (χ1) is 14.5. The summed E-state index contributed by atoms with van der Waals surface area (Å²) in [6, 6.07) is 8.15. The number of alkyl halides is 4. The summed E-state index contributed by atoms with van der Waals surface area (Å²) >= 11 is 5.65. The summed E-state index contributed by atoms with van der Waals surface area (Å²) < 4.78 is 53.4. The van der Waals surface area contributed by atoms with Crippen LogP contribution in [0.1, 0.15) is 41.8 Å². The molecule has 0 aliphatic rings. The standard InChI is InChI=1S/C22H23ClF4N2O2/c1-14(2)7-8-29(20(30)12-23)19-10-16(9-17(11-19)22(25,26)27)21(31)28-13-15-3-5-18(24)6-4-15/h3-6,9-11,14H,7-8,12-13H2,1-2H3,(H,28,31). The van der Waals surface area contributed by atoms with Crippen LogP contribution in [0.3, 0.4) is 0 Å². The average molecular weight is 459 g/mol. The maximum Gasteiger partial charge on any atom is 0.416 e. The Kier molecular flexibility index (Phi) is 8.44. The van der Waals surface area contributed by atoms with Gasteiger partial charge in [0.2, 0.25) is 5.91 Å². The number of hydrogen-bond acceptors (Lipinski definition) is 2. The average Bonchev–Trinajstić information content (AvgIpc) is 2.72. The number of nitrogens with zero attached hydrogens (tertiary/aromatic N) is 1. The van der Waals surface area contributed by atoms with E-state index < -0.39 is 35.3 Å². The van der Waals surface area contributed by atoms with E-state index in [0.29, 0.717) is 12.0 Å². The van der Waals surface area contributed by atoms with Gasteiger partial charge in [-0.3, -0.25) is 9.59 Å². The van der Waals surface area contributed by atoms with Gasteiger partial charge in [-0.15, -0.1) is 11.6 Å². The van der Waals surface area contributed by atoms with E-state index in [2.05, 4.69) is 5.32 Å². The Bertz CT molecular complexity index is 915. The number of hydrogen-bond donors (Lipinski definition) is 1. The van der Waals surface area contributed by atoms with Crippen molar-refractivity contribution < 1.29 is 27.2 Å². The quantitative estimate of drug-likeness (QED) is 0.426. The number of rotatable bonds is 8. The first-order valence-electron chi connectivity index (χ1n) is 9.62. The predicted octanol–water partition coefficient (Wildman–Crippen LogP) is 5.39. The molecule has 0 aliphatic carbocycles. The summed E-state index contributed by atoms with van der Waals surface area (Å²) in [5.74, 6) is -1.95. The molecule has 168 valence electrons. The van der Waals surface area contributed by atoms with Gasteiger partial charge in [0.05, 0.1) is 5.56 Å². The SMILES string of the molecule is CC(C)CCN(C(=O)CCl)c1cc(C(=O)NCc2ccc(F)cc2)cc(C(F)(F)F)c1. The summed E-state index contributed by atoms with van der Waals surface area (Å²) in [6.45, 7) is 4.01. The number of carbonyl (C=O) groups excluding carboxylic acids is 2. The van der Waals surface area contributed by atoms with Crippen molar-refractivity contribution >= 4 is 29.1 Å². The molecule has 0 atom stereocenters. The normalized spacial score (nSPS) is 11.5. The lowest BCUT2D eigenvalue weighted by molar-refractivity contribution is -0.137. The van der Waals surface area contributed by atoms with Gasteiger partial charge in [-0.05, 0) is 48.2 Å². The van der Waals surface area contributed by atoms with E-state index in [1.807, 2.05) is 13.8 Å². The van der Waals surface area contributed by atoms with E-state index in [9.17, 15) is 27.2 Å². The summed E-state index contributed by atoms with van der Waals surface area (Å²) in [6.07, 6.45) is -4.17. The first-order valence-corrected chi connectivity index (χ1v) is 10.2. The Hall–Kier alpha value is -2.61. The van der Waals surface area contributed by atoms with Gasteiger partial charge < -0.3 is 10.2 Å². The molecule has 0 unspecified atom stereocenters. The molecule has 0 heterocycles. The second-order valence-corrected chi connectivity index (χ2v) is 7.70. The molecule has 2 rings (SSSR count). The lowest BCUT2D eigenvalue weighted by Gasteiger charge is -2.24. The maximum atomic E-state index is 13.5. The molecule has 4 nitrogen and oxygen atoms in total. The number of nitrogens with one attached hydrogen (secondary N) is 1. The van der Waals surface area contributed by atoms with Crippen molar-refractivity contribution in [1.82, 2.24) is 5.32 Å². The van der Waals surface area contributed by atoms with Crippen molar-refractivity contribution in [3.05, 3.63) is 65.0 Å². The van der Waals surface area contributed by atoms with E-state index in [0.717, 1.165) is 12.1 Å². The number of amides is 2. The van der Waals surface area contributed by atoms with E-state index in [4.69, 9.17) is 11.6 Å². The third-order valence-corrected chi connectivity index (χ3v) is 4.76. The van der Waals surface area contributed by atoms with Crippen LogP contribution in [-0.2, 0) is 17.5 Å². The number of halogens is 5. The second kappa shape index (κ2) is 10.6. The Labute approximate surface area is 183 Å². The molecule has 1 N–H and O–H groups in total. The fourth-order valence-corrected chi connectivity index (χ4v) is 2.95. The van der Waals surface area contributed by atoms with Crippen LogP contribution in [0, 0.1) is 11.7 Å². The zero-order valence-corrected chi connectivity index (χ0v) is 17.9. The highest BCUT2D eigenvalue weighted by atomic mass is 35.5. The van der Waals surface area contributed by atoms with Gasteiger partial charge in [-0.25, -0.2) is 4.39 Å². The topological polar surface area (TPSA) is 49.4 Å². The zero-order chi connectivity index (χ0) is 23.2. The lowest BCUT2D eigenvalue weighted by Crippen LogP contribution is -2.34. The van der Waals surface area contributed by atoms with Crippen LogP contribution in [-0.4, -0.2) is 24.2 Å². The zero-order valence-electron chi connectivity index (χ0n) is 17.1. The highest BCUT2D eigenvalue weighted by molar-refractivity contribution is 6.29. The fourth-order valence-electron chi connectivity index (χ4n) is 2.81. The van der Waals surface area contributed by atoms with Crippen LogP contribution < -0.4 is 10.2 Å². The predicted molar refractivity (Wildman–Crippen MR) is 112 cm³/mol. The van der Waals surface area contributed by atoms with Crippen LogP contribution in [0.2, 0.25) is 0 Å². The van der Waals surface area contributed by atoms with Crippen LogP contribution >= 0.6 is 11.6 Å². The van der Waals surface area contributed by atoms with Gasteiger partial charge in [0.1, 0.15) is 11.7 Å². The molecule has 2 aromatic carbocycles. The van der Waals surface area contributed by atoms with E-state index in [-0.39, 0.29) is 30.3 Å². The highest BCUT2D eigenvalue weighted by Crippen LogP contribution is 2.33. The molecule has 0 saturated carbocycles. The number of benzene rings is 2. The van der Waals surface area contributed by atoms with E-state index >= 15 is 0 Å². The van der Waals surface area contributed by atoms with Gasteiger partial charge in [-0.2, -0.15) is 13.2 Å². The van der Waals surface area contributed by atoms with Crippen LogP contribution in [0.5, 0.6) is 0 Å². The lowest BCUT2D eigenvalue weighted by atomic mass is 10.1. The molecule has 0 saturated heterocycles. The van der Waals surface area contributed by atoms with Crippen molar-refractivity contribution in [2.45, 2.75) is 33.0 Å². The molecule has 2 aromatic rings. The smallest absolute Gasteiger partial charge is 0.348 e. The molecule has 0 bridgehead atoms. The third-order valence-electron chi connectivity index (χ3n) is 4.53. The first kappa shape index (κ1) is 24.7. The molecule has 0 spiro atoms. The van der Waals surface area contributed by atoms with E-state index in [1.165, 1.54) is 35.2 Å². The minimum atomic E-state index is -4.71. The number of carbonyl (C=O) groups is 2. The molecule has 0 aromatic heterocycles. The van der Waals surface area contributed by atoms with Crippen molar-refractivity contribution in [2.75, 3.05) is 17.3 Å². The highest BCUT2D eigenvalue weighted by Gasteiger charge is 2.33. The summed E-state index contributed by atoms with van der Waals surface area (Å²) in [7, 11) is 0. The van der Waals surface area contributed by atoms with Crippen molar-refractivity contribution in [3.8, 4) is 0 Å². The largest absolute Gasteiger partial charge is 0.416 e. The second-order valence-electron chi connectivity index (χ2n) is 7.44. The molecule has 0 radical (unpaired) electrons. The Morgan fingerprint density at radius 3 is 2.29 bits per heavy atom. The minimum absolute atomic E-state index is 0.00235.